The van der Waals surface area contributed by atoms with Gasteiger partial charge in [0.25, 0.3) is 0 Å². The Kier molecular flexibility index (Phi) is 14.4. The van der Waals surface area contributed by atoms with Crippen molar-refractivity contribution in [1.82, 2.24) is 0 Å². The van der Waals surface area contributed by atoms with Gasteiger partial charge in [-0.05, 0) is 84.7 Å². The highest BCUT2D eigenvalue weighted by Crippen LogP contribution is 2.39. The van der Waals surface area contributed by atoms with E-state index < -0.39 is 28.8 Å². The zero-order valence-corrected chi connectivity index (χ0v) is 33.8. The van der Waals surface area contributed by atoms with E-state index in [1.807, 2.05) is 65.8 Å². The van der Waals surface area contributed by atoms with Crippen LogP contribution in [0.5, 0.6) is 11.5 Å². The van der Waals surface area contributed by atoms with Crippen molar-refractivity contribution in [3.63, 3.8) is 0 Å². The average molecular weight is 741 g/mol. The Morgan fingerprint density at radius 3 is 1.34 bits per heavy atom. The molecule has 53 heavy (non-hydrogen) atoms. The van der Waals surface area contributed by atoms with Crippen molar-refractivity contribution in [1.29, 1.82) is 0 Å². The first kappa shape index (κ1) is 42.6. The molecule has 0 aliphatic carbocycles. The minimum absolute atomic E-state index is 0.145. The monoisotopic (exact) mass is 740 g/mol. The maximum Gasteiger partial charge on any atom is 0.306 e. The molecule has 2 heterocycles. The number of ether oxygens (including phenoxy) is 6. The fourth-order valence-electron chi connectivity index (χ4n) is 6.91. The Balaban J connectivity index is 1.17. The van der Waals surface area contributed by atoms with E-state index in [1.54, 1.807) is 0 Å². The third-order valence-electron chi connectivity index (χ3n) is 10.0. The van der Waals surface area contributed by atoms with Gasteiger partial charge in [-0.3, -0.25) is 9.59 Å². The van der Waals surface area contributed by atoms with Gasteiger partial charge in [-0.2, -0.15) is 0 Å². The lowest BCUT2D eigenvalue weighted by Crippen LogP contribution is -2.57. The summed E-state index contributed by atoms with van der Waals surface area (Å²) in [6.07, 6.45) is 1.96. The number of carbonyl (C=O) groups is 2. The van der Waals surface area contributed by atoms with Crippen LogP contribution in [0.25, 0.3) is 0 Å². The lowest BCUT2D eigenvalue weighted by molar-refractivity contribution is -0.337. The van der Waals surface area contributed by atoms with Gasteiger partial charge in [-0.1, -0.05) is 79.7 Å². The number of hydrogen-bond donors (Lipinski definition) is 2. The molecule has 0 saturated carbocycles. The van der Waals surface area contributed by atoms with E-state index in [4.69, 9.17) is 28.4 Å². The van der Waals surface area contributed by atoms with Crippen molar-refractivity contribution in [2.24, 2.45) is 28.1 Å². The number of hydrogen-bond acceptors (Lipinski definition) is 10. The minimum atomic E-state index is -0.584. The van der Waals surface area contributed by atoms with Gasteiger partial charge in [0.15, 0.2) is 12.6 Å². The van der Waals surface area contributed by atoms with Gasteiger partial charge in [-0.25, -0.2) is 0 Å². The number of benzene rings is 2. The zero-order chi connectivity index (χ0) is 39.1. The Bertz CT molecular complexity index is 1420. The van der Waals surface area contributed by atoms with Gasteiger partial charge in [0.05, 0.1) is 31.8 Å². The molecule has 0 bridgehead atoms. The van der Waals surface area contributed by atoms with E-state index in [-0.39, 0.29) is 38.0 Å². The average Bonchev–Trinajstić information content (AvgIpc) is 3.08. The van der Waals surface area contributed by atoms with E-state index in [0.29, 0.717) is 62.6 Å². The van der Waals surface area contributed by atoms with Crippen molar-refractivity contribution in [3.8, 4) is 11.5 Å². The Hall–Kier alpha value is -3.18. The van der Waals surface area contributed by atoms with Crippen molar-refractivity contribution < 1.29 is 48.2 Å². The summed E-state index contributed by atoms with van der Waals surface area (Å²) in [7, 11) is 0. The molecule has 10 nitrogen and oxygen atoms in total. The van der Waals surface area contributed by atoms with Gasteiger partial charge >= 0.3 is 11.9 Å². The lowest BCUT2D eigenvalue weighted by Gasteiger charge is -2.48. The number of aryl methyl sites for hydroxylation is 4. The Labute approximate surface area is 316 Å². The summed E-state index contributed by atoms with van der Waals surface area (Å²) >= 11 is 0. The van der Waals surface area contributed by atoms with Crippen LogP contribution in [0.2, 0.25) is 0 Å². The summed E-state index contributed by atoms with van der Waals surface area (Å²) in [5, 5.41) is 20.9. The van der Waals surface area contributed by atoms with E-state index in [0.717, 1.165) is 46.2 Å². The maximum atomic E-state index is 12.7. The maximum absolute atomic E-state index is 12.7. The van der Waals surface area contributed by atoms with E-state index in [9.17, 15) is 19.8 Å². The van der Waals surface area contributed by atoms with E-state index >= 15 is 0 Å². The molecule has 2 fully saturated rings. The van der Waals surface area contributed by atoms with Crippen LogP contribution in [0, 0.1) is 41.9 Å². The molecule has 2 aliphatic rings. The van der Waals surface area contributed by atoms with Crippen LogP contribution in [0.1, 0.15) is 102 Å². The number of phenols is 2. The Morgan fingerprint density at radius 2 is 1.02 bits per heavy atom. The van der Waals surface area contributed by atoms with Crippen molar-refractivity contribution >= 4 is 11.9 Å². The second-order valence-electron chi connectivity index (χ2n) is 17.7. The normalized spacial score (nSPS) is 21.0. The molecule has 296 valence electrons. The lowest BCUT2D eigenvalue weighted by atomic mass is 9.86. The minimum Gasteiger partial charge on any atom is -0.507 e. The fraction of sp³-hybridized carbons (Fsp3) is 0.674. The van der Waals surface area contributed by atoms with Crippen LogP contribution >= 0.6 is 0 Å². The van der Waals surface area contributed by atoms with Crippen LogP contribution in [0.4, 0.5) is 0 Å². The highest BCUT2D eigenvalue weighted by Gasteiger charge is 2.48. The van der Waals surface area contributed by atoms with Gasteiger partial charge in [0.2, 0.25) is 0 Å². The summed E-state index contributed by atoms with van der Waals surface area (Å²) in [6, 6.07) is 7.83. The van der Waals surface area contributed by atoms with E-state index in [2.05, 4.69) is 27.7 Å². The largest absolute Gasteiger partial charge is 0.507 e. The molecule has 0 atom stereocenters. The summed E-state index contributed by atoms with van der Waals surface area (Å²) in [5.74, 6) is 0.903. The molecular formula is C43H64O10. The predicted molar refractivity (Wildman–Crippen MR) is 203 cm³/mol. The second kappa shape index (κ2) is 18.0. The molecule has 2 saturated heterocycles. The highest BCUT2D eigenvalue weighted by atomic mass is 16.7. The number of aromatic hydroxyl groups is 2. The standard InChI is InChI=1S/C43H64O10/c1-27(2)15-33-19-31(17-29(5)37(33)46)11-13-35(44)48-21-41(7,8)39-50-23-43(24-51-39)25-52-40(53-26-43)42(9,10)22-49-36(45)14-12-32-18-30(6)38(47)34(20-32)16-28(3)4/h17-20,27-28,39-40,46-47H,11-16,21-26H2,1-10H3. The first-order valence-corrected chi connectivity index (χ1v) is 19.2. The number of carbonyl (C=O) groups excluding carboxylic acids is 2. The first-order chi connectivity index (χ1) is 24.8. The highest BCUT2D eigenvalue weighted by molar-refractivity contribution is 5.70. The summed E-state index contributed by atoms with van der Waals surface area (Å²) in [6.45, 7) is 21.8. The van der Waals surface area contributed by atoms with Gasteiger partial charge in [0, 0.05) is 23.7 Å². The third kappa shape index (κ3) is 11.9. The van der Waals surface area contributed by atoms with Crippen LogP contribution in [0.3, 0.4) is 0 Å². The van der Waals surface area contributed by atoms with Crippen molar-refractivity contribution in [2.45, 2.75) is 120 Å². The SMILES string of the molecule is Cc1cc(CCC(=O)OCC(C)(C)C2OCC3(CO2)COC(C(C)(C)COC(=O)CCc2cc(C)c(O)c(CC(C)C)c2)OC3)cc(CC(C)C)c1O. The van der Waals surface area contributed by atoms with Crippen molar-refractivity contribution in [3.05, 3.63) is 57.6 Å². The summed E-state index contributed by atoms with van der Waals surface area (Å²) in [5.41, 5.74) is 3.82. The Morgan fingerprint density at radius 1 is 0.679 bits per heavy atom. The molecule has 2 N–H and O–H groups in total. The topological polar surface area (TPSA) is 130 Å². The van der Waals surface area contributed by atoms with Crippen LogP contribution in [-0.4, -0.2) is 74.4 Å². The molecule has 1 spiro atoms. The molecule has 0 amide bonds. The molecule has 2 aliphatic heterocycles. The molecule has 2 aromatic carbocycles. The van der Waals surface area contributed by atoms with Gasteiger partial charge in [-0.15, -0.1) is 0 Å². The molecule has 2 aromatic rings. The van der Waals surface area contributed by atoms with Crippen LogP contribution in [0.15, 0.2) is 24.3 Å². The van der Waals surface area contributed by atoms with Crippen LogP contribution in [-0.2, 0) is 63.7 Å². The number of phenolic OH excluding ortho intramolecular Hbond substituents is 2. The smallest absolute Gasteiger partial charge is 0.306 e. The quantitative estimate of drug-likeness (QED) is 0.167. The summed E-state index contributed by atoms with van der Waals surface area (Å²) < 4.78 is 36.1. The fourth-order valence-corrected chi connectivity index (χ4v) is 6.91. The van der Waals surface area contributed by atoms with Crippen LogP contribution < -0.4 is 0 Å². The summed E-state index contributed by atoms with van der Waals surface area (Å²) in [4.78, 5) is 25.5. The number of esters is 2. The molecule has 0 aromatic heterocycles. The third-order valence-corrected chi connectivity index (χ3v) is 10.0. The molecule has 0 unspecified atom stereocenters. The predicted octanol–water partition coefficient (Wildman–Crippen LogP) is 7.55. The molecule has 10 heteroatoms. The van der Waals surface area contributed by atoms with Gasteiger partial charge in [0.1, 0.15) is 24.7 Å². The molecular weight excluding hydrogens is 676 g/mol. The van der Waals surface area contributed by atoms with Gasteiger partial charge < -0.3 is 38.6 Å². The zero-order valence-electron chi connectivity index (χ0n) is 33.8. The second-order valence-corrected chi connectivity index (χ2v) is 17.7. The number of rotatable bonds is 16. The molecule has 4 rings (SSSR count). The first-order valence-electron chi connectivity index (χ1n) is 19.2. The van der Waals surface area contributed by atoms with Crippen molar-refractivity contribution in [2.75, 3.05) is 39.6 Å². The molecule has 0 radical (unpaired) electrons. The van der Waals surface area contributed by atoms with E-state index in [1.165, 1.54) is 0 Å².